The number of carbonyl (C=O) groups is 1. The number of aliphatic hydroxyl groups is 1. The number of hydrogen-bond donors (Lipinski definition) is 2. The third-order valence-electron chi connectivity index (χ3n) is 5.52. The summed E-state index contributed by atoms with van der Waals surface area (Å²) in [5.74, 6) is -0.833. The molecule has 136 valence electrons. The standard InChI is InChI=1S/C23H14O.C2H4O2/c24-12-19-17-6-2-4-14-7-8-16-11-15-5-1-3-13-9-10-18(19)23(20(13)15)22(16)21(14)17;1-2(3)4/h1-11,24H,12H2;1H3,(H,3,4). The summed E-state index contributed by atoms with van der Waals surface area (Å²) in [7, 11) is 0. The third-order valence-corrected chi connectivity index (χ3v) is 5.52. The predicted molar refractivity (Wildman–Crippen MR) is 116 cm³/mol. The molecule has 0 amide bonds. The van der Waals surface area contributed by atoms with Crippen molar-refractivity contribution in [1.29, 1.82) is 0 Å². The maximum Gasteiger partial charge on any atom is 0.300 e. The minimum atomic E-state index is -0.833. The van der Waals surface area contributed by atoms with Gasteiger partial charge < -0.3 is 10.2 Å². The van der Waals surface area contributed by atoms with Crippen LogP contribution in [0.3, 0.4) is 0 Å². The second-order valence-electron chi connectivity index (χ2n) is 7.17. The van der Waals surface area contributed by atoms with E-state index in [1.807, 2.05) is 0 Å². The first-order valence-electron chi connectivity index (χ1n) is 9.23. The number of hydrogen-bond acceptors (Lipinski definition) is 2. The third kappa shape index (κ3) is 2.23. The van der Waals surface area contributed by atoms with Gasteiger partial charge in [-0.05, 0) is 65.5 Å². The second-order valence-corrected chi connectivity index (χ2v) is 7.17. The van der Waals surface area contributed by atoms with Crippen LogP contribution in [0.4, 0.5) is 0 Å². The molecular weight excluding hydrogens is 348 g/mol. The van der Waals surface area contributed by atoms with E-state index >= 15 is 0 Å². The molecule has 0 fully saturated rings. The van der Waals surface area contributed by atoms with Crippen molar-refractivity contribution >= 4 is 59.8 Å². The van der Waals surface area contributed by atoms with E-state index in [1.165, 1.54) is 53.9 Å². The van der Waals surface area contributed by atoms with Gasteiger partial charge in [-0.3, -0.25) is 4.79 Å². The minimum absolute atomic E-state index is 0.0627. The summed E-state index contributed by atoms with van der Waals surface area (Å²) in [6.45, 7) is 1.15. The Morgan fingerprint density at radius 2 is 1.25 bits per heavy atom. The molecule has 3 nitrogen and oxygen atoms in total. The highest BCUT2D eigenvalue weighted by Crippen LogP contribution is 2.45. The summed E-state index contributed by atoms with van der Waals surface area (Å²) < 4.78 is 0. The summed E-state index contributed by atoms with van der Waals surface area (Å²) in [6, 6.07) is 24.0. The molecule has 0 atom stereocenters. The van der Waals surface area contributed by atoms with E-state index in [1.54, 1.807) is 0 Å². The largest absolute Gasteiger partial charge is 0.481 e. The minimum Gasteiger partial charge on any atom is -0.481 e. The van der Waals surface area contributed by atoms with Gasteiger partial charge >= 0.3 is 0 Å². The lowest BCUT2D eigenvalue weighted by atomic mass is 9.84. The van der Waals surface area contributed by atoms with Crippen LogP contribution in [0.5, 0.6) is 0 Å². The lowest BCUT2D eigenvalue weighted by Gasteiger charge is -2.19. The Morgan fingerprint density at radius 1 is 0.714 bits per heavy atom. The van der Waals surface area contributed by atoms with Crippen LogP contribution in [0.1, 0.15) is 12.5 Å². The van der Waals surface area contributed by atoms with E-state index in [4.69, 9.17) is 9.90 Å². The van der Waals surface area contributed by atoms with Crippen LogP contribution >= 0.6 is 0 Å². The van der Waals surface area contributed by atoms with Crippen molar-refractivity contribution in [2.75, 3.05) is 0 Å². The summed E-state index contributed by atoms with van der Waals surface area (Å²) >= 11 is 0. The number of carboxylic acid groups (broad SMARTS) is 1. The van der Waals surface area contributed by atoms with Crippen LogP contribution in [-0.2, 0) is 11.4 Å². The van der Waals surface area contributed by atoms with Gasteiger partial charge in [0.2, 0.25) is 0 Å². The van der Waals surface area contributed by atoms with Crippen LogP contribution in [0.15, 0.2) is 66.7 Å². The highest BCUT2D eigenvalue weighted by atomic mass is 16.4. The molecule has 2 N–H and O–H groups in total. The molecule has 0 saturated heterocycles. The first-order chi connectivity index (χ1) is 13.6. The van der Waals surface area contributed by atoms with E-state index in [2.05, 4.69) is 66.7 Å². The van der Waals surface area contributed by atoms with Crippen LogP contribution < -0.4 is 0 Å². The molecule has 0 heterocycles. The lowest BCUT2D eigenvalue weighted by Crippen LogP contribution is -1.95. The Bertz CT molecular complexity index is 1480. The molecule has 0 bridgehead atoms. The van der Waals surface area contributed by atoms with Crippen LogP contribution in [0.2, 0.25) is 0 Å². The monoisotopic (exact) mass is 366 g/mol. The van der Waals surface area contributed by atoms with Crippen molar-refractivity contribution in [1.82, 2.24) is 0 Å². The van der Waals surface area contributed by atoms with Gasteiger partial charge in [-0.2, -0.15) is 0 Å². The van der Waals surface area contributed by atoms with Gasteiger partial charge in [0.25, 0.3) is 5.97 Å². The van der Waals surface area contributed by atoms with Crippen LogP contribution in [-0.4, -0.2) is 16.2 Å². The molecule has 0 spiro atoms. The van der Waals surface area contributed by atoms with E-state index in [9.17, 15) is 5.11 Å². The fraction of sp³-hybridized carbons (Fsp3) is 0.0800. The SMILES string of the molecule is CC(=O)O.OCc1c2cccc3ccc4cc5cccc6ccc1c(c65)c4c32. The number of benzene rings is 6. The molecule has 0 aromatic heterocycles. The summed E-state index contributed by atoms with van der Waals surface area (Å²) in [5, 5.41) is 30.2. The molecule has 0 unspecified atom stereocenters. The molecule has 6 aromatic rings. The van der Waals surface area contributed by atoms with Crippen molar-refractivity contribution in [2.24, 2.45) is 0 Å². The van der Waals surface area contributed by atoms with Crippen LogP contribution in [0.25, 0.3) is 53.9 Å². The highest BCUT2D eigenvalue weighted by Gasteiger charge is 2.18. The number of aliphatic hydroxyl groups excluding tert-OH is 1. The molecule has 0 aliphatic carbocycles. The second kappa shape index (κ2) is 6.04. The Labute approximate surface area is 161 Å². The van der Waals surface area contributed by atoms with Gasteiger partial charge in [-0.1, -0.05) is 60.7 Å². The first kappa shape index (κ1) is 16.7. The van der Waals surface area contributed by atoms with Gasteiger partial charge in [-0.15, -0.1) is 0 Å². The molecule has 28 heavy (non-hydrogen) atoms. The first-order valence-corrected chi connectivity index (χ1v) is 9.23. The van der Waals surface area contributed by atoms with Crippen molar-refractivity contribution in [3.05, 3.63) is 72.3 Å². The molecule has 0 aliphatic rings. The normalized spacial score (nSPS) is 11.6. The zero-order valence-corrected chi connectivity index (χ0v) is 15.4. The lowest BCUT2D eigenvalue weighted by molar-refractivity contribution is -0.134. The summed E-state index contributed by atoms with van der Waals surface area (Å²) in [4.78, 5) is 9.00. The Morgan fingerprint density at radius 3 is 2.00 bits per heavy atom. The van der Waals surface area contributed by atoms with E-state index < -0.39 is 5.97 Å². The maximum absolute atomic E-state index is 10.1. The predicted octanol–water partition coefficient (Wildman–Crippen LogP) is 5.91. The molecule has 6 rings (SSSR count). The van der Waals surface area contributed by atoms with Crippen molar-refractivity contribution in [2.45, 2.75) is 13.5 Å². The fourth-order valence-electron chi connectivity index (χ4n) is 4.56. The van der Waals surface area contributed by atoms with E-state index in [-0.39, 0.29) is 6.61 Å². The van der Waals surface area contributed by atoms with Gasteiger partial charge in [0, 0.05) is 6.92 Å². The smallest absolute Gasteiger partial charge is 0.300 e. The molecule has 0 saturated carbocycles. The van der Waals surface area contributed by atoms with E-state index in [0.29, 0.717) is 0 Å². The molecule has 0 aliphatic heterocycles. The Hall–Kier alpha value is -3.43. The summed E-state index contributed by atoms with van der Waals surface area (Å²) in [6.07, 6.45) is 0. The molecule has 6 aromatic carbocycles. The van der Waals surface area contributed by atoms with E-state index in [0.717, 1.165) is 12.5 Å². The van der Waals surface area contributed by atoms with Gasteiger partial charge in [0.05, 0.1) is 6.61 Å². The zero-order chi connectivity index (χ0) is 19.4. The summed E-state index contributed by atoms with van der Waals surface area (Å²) in [5.41, 5.74) is 1.04. The van der Waals surface area contributed by atoms with Gasteiger partial charge in [0.15, 0.2) is 0 Å². The number of carboxylic acids is 1. The van der Waals surface area contributed by atoms with Crippen LogP contribution in [0, 0.1) is 0 Å². The topological polar surface area (TPSA) is 57.5 Å². The number of rotatable bonds is 1. The highest BCUT2D eigenvalue weighted by molar-refractivity contribution is 6.37. The van der Waals surface area contributed by atoms with Crippen molar-refractivity contribution < 1.29 is 15.0 Å². The quantitative estimate of drug-likeness (QED) is 0.281. The van der Waals surface area contributed by atoms with Crippen molar-refractivity contribution in [3.63, 3.8) is 0 Å². The maximum atomic E-state index is 10.1. The van der Waals surface area contributed by atoms with Gasteiger partial charge in [0.1, 0.15) is 0 Å². The fourth-order valence-corrected chi connectivity index (χ4v) is 4.56. The molecule has 0 radical (unpaired) electrons. The van der Waals surface area contributed by atoms with Crippen molar-refractivity contribution in [3.8, 4) is 0 Å². The van der Waals surface area contributed by atoms with Gasteiger partial charge in [-0.25, -0.2) is 0 Å². The molecule has 3 heteroatoms. The average molecular weight is 366 g/mol. The Balaban J connectivity index is 0.000000393. The number of aliphatic carboxylic acids is 1. The Kier molecular flexibility index (Phi) is 3.61. The zero-order valence-electron chi connectivity index (χ0n) is 15.4. The molecular formula is C25H18O3. The average Bonchev–Trinajstić information content (AvgIpc) is 2.69.